The minimum absolute atomic E-state index is 0.0295. The Labute approximate surface area is 224 Å². The summed E-state index contributed by atoms with van der Waals surface area (Å²) < 4.78 is 39.9. The van der Waals surface area contributed by atoms with Crippen molar-refractivity contribution in [1.29, 1.82) is 0 Å². The van der Waals surface area contributed by atoms with Gasteiger partial charge in [0.15, 0.2) is 5.17 Å². The van der Waals surface area contributed by atoms with Crippen LogP contribution in [-0.2, 0) is 22.3 Å². The molecule has 2 aromatic rings. The van der Waals surface area contributed by atoms with E-state index in [1.54, 1.807) is 16.7 Å². The first-order chi connectivity index (χ1) is 18.1. The molecule has 0 radical (unpaired) electrons. The van der Waals surface area contributed by atoms with Crippen LogP contribution < -0.4 is 5.32 Å². The van der Waals surface area contributed by atoms with Gasteiger partial charge in [-0.3, -0.25) is 9.59 Å². The van der Waals surface area contributed by atoms with Crippen molar-refractivity contribution in [2.45, 2.75) is 46.0 Å². The molecule has 2 aromatic carbocycles. The fourth-order valence-corrected chi connectivity index (χ4v) is 5.48. The van der Waals surface area contributed by atoms with E-state index in [2.05, 4.69) is 10.3 Å². The van der Waals surface area contributed by atoms with Gasteiger partial charge in [-0.05, 0) is 49.4 Å². The zero-order valence-electron chi connectivity index (χ0n) is 21.4. The molecule has 1 atom stereocenters. The number of hydrogen-bond donors (Lipinski definition) is 1. The number of aliphatic imine (C=N–C) groups is 1. The first-order valence-electron chi connectivity index (χ1n) is 12.4. The third kappa shape index (κ3) is 5.80. The zero-order chi connectivity index (χ0) is 27.4. The van der Waals surface area contributed by atoms with E-state index in [9.17, 15) is 22.8 Å². The molecule has 0 aromatic heterocycles. The monoisotopic (exact) mass is 542 g/mol. The molecule has 0 saturated carbocycles. The molecule has 4 rings (SSSR count). The first-order valence-corrected chi connectivity index (χ1v) is 13.2. The molecule has 1 N–H and O–H groups in total. The second kappa shape index (κ2) is 11.5. The van der Waals surface area contributed by atoms with E-state index in [0.29, 0.717) is 47.3 Å². The van der Waals surface area contributed by atoms with Gasteiger partial charge in [-0.2, -0.15) is 13.2 Å². The van der Waals surface area contributed by atoms with Gasteiger partial charge in [0.05, 0.1) is 29.3 Å². The summed E-state index contributed by atoms with van der Waals surface area (Å²) >= 11 is 1.33. The molecule has 0 fully saturated rings. The summed E-state index contributed by atoms with van der Waals surface area (Å²) in [5.41, 5.74) is 2.23. The number of likely N-dealkylation sites (N-methyl/N-ethyl adjacent to an activating group) is 1. The van der Waals surface area contributed by atoms with Crippen molar-refractivity contribution in [3.8, 4) is 0 Å². The van der Waals surface area contributed by atoms with Gasteiger partial charge >= 0.3 is 6.18 Å². The van der Waals surface area contributed by atoms with Crippen molar-refractivity contribution in [1.82, 2.24) is 15.1 Å². The molecule has 10 heteroatoms. The van der Waals surface area contributed by atoms with Crippen LogP contribution >= 0.6 is 11.8 Å². The number of alkyl halides is 3. The van der Waals surface area contributed by atoms with Crippen molar-refractivity contribution >= 4 is 28.7 Å². The van der Waals surface area contributed by atoms with Crippen LogP contribution in [-0.4, -0.2) is 39.9 Å². The number of amides is 2. The number of hydrogen-bond acceptors (Lipinski definition) is 5. The molecule has 2 heterocycles. The van der Waals surface area contributed by atoms with Crippen LogP contribution in [0.5, 0.6) is 0 Å². The predicted molar refractivity (Wildman–Crippen MR) is 143 cm³/mol. The Hall–Kier alpha value is -3.53. The van der Waals surface area contributed by atoms with Crippen molar-refractivity contribution in [2.24, 2.45) is 4.99 Å². The summed E-state index contributed by atoms with van der Waals surface area (Å²) in [5.74, 6) is -0.444. The van der Waals surface area contributed by atoms with Gasteiger partial charge in [0.1, 0.15) is 0 Å². The largest absolute Gasteiger partial charge is 0.416 e. The zero-order valence-corrected chi connectivity index (χ0v) is 22.2. The van der Waals surface area contributed by atoms with Crippen molar-refractivity contribution < 1.29 is 22.8 Å². The van der Waals surface area contributed by atoms with Crippen molar-refractivity contribution in [3.05, 3.63) is 93.7 Å². The second-order valence-corrected chi connectivity index (χ2v) is 9.77. The highest BCUT2D eigenvalue weighted by Gasteiger charge is 2.41. The maximum Gasteiger partial charge on any atom is 0.416 e. The summed E-state index contributed by atoms with van der Waals surface area (Å²) in [5, 5.41) is 5.31. The minimum Gasteiger partial charge on any atom is -0.352 e. The second-order valence-electron chi connectivity index (χ2n) is 8.93. The van der Waals surface area contributed by atoms with Crippen LogP contribution in [0.15, 0.2) is 82.0 Å². The predicted octanol–water partition coefficient (Wildman–Crippen LogP) is 5.86. The Kier molecular flexibility index (Phi) is 8.30. The Morgan fingerprint density at radius 3 is 2.32 bits per heavy atom. The lowest BCUT2D eigenvalue weighted by atomic mass is 9.92. The molecule has 2 amide bonds. The topological polar surface area (TPSA) is 65.0 Å². The lowest BCUT2D eigenvalue weighted by Crippen LogP contribution is -2.42. The highest BCUT2D eigenvalue weighted by molar-refractivity contribution is 8.16. The van der Waals surface area contributed by atoms with Crippen LogP contribution in [0.1, 0.15) is 49.9 Å². The standard InChI is InChI=1S/C28H29F3N4O2S/c1-4-34(5-2)26(37)24-18(3)33-27-35(25(24)20-11-13-21(14-12-20)28(29,30)31)22(17-38-27)15-23(36)32-16-19-9-7-6-8-10-19/h6-14,17,25H,4-5,15-16H2,1-3H3,(H,32,36). The van der Waals surface area contributed by atoms with E-state index in [-0.39, 0.29) is 18.2 Å². The highest BCUT2D eigenvalue weighted by Crippen LogP contribution is 2.45. The van der Waals surface area contributed by atoms with Gasteiger partial charge in [0, 0.05) is 25.3 Å². The van der Waals surface area contributed by atoms with E-state index in [4.69, 9.17) is 0 Å². The molecule has 0 spiro atoms. The fraction of sp³-hybridized carbons (Fsp3) is 0.321. The molecular formula is C28H29F3N4O2S. The number of allylic oxidation sites excluding steroid dienone is 1. The highest BCUT2D eigenvalue weighted by atomic mass is 32.2. The molecule has 1 unspecified atom stereocenters. The van der Waals surface area contributed by atoms with E-state index >= 15 is 0 Å². The number of nitrogens with zero attached hydrogens (tertiary/aromatic N) is 3. The van der Waals surface area contributed by atoms with Gasteiger partial charge in [-0.15, -0.1) is 0 Å². The number of amidine groups is 1. The van der Waals surface area contributed by atoms with Gasteiger partial charge < -0.3 is 15.1 Å². The lowest BCUT2D eigenvalue weighted by molar-refractivity contribution is -0.137. The third-order valence-corrected chi connectivity index (χ3v) is 7.40. The summed E-state index contributed by atoms with van der Waals surface area (Å²) in [6.07, 6.45) is -4.45. The summed E-state index contributed by atoms with van der Waals surface area (Å²) in [7, 11) is 0. The maximum absolute atomic E-state index is 13.6. The SMILES string of the molecule is CCN(CC)C(=O)C1=C(C)N=C2SC=C(CC(=O)NCc3ccccc3)N2C1c1ccc(C(F)(F)F)cc1. The van der Waals surface area contributed by atoms with E-state index in [0.717, 1.165) is 17.7 Å². The summed E-state index contributed by atoms with van der Waals surface area (Å²) in [6, 6.07) is 13.6. The quantitative estimate of drug-likeness (QED) is 0.454. The first kappa shape index (κ1) is 27.5. The number of carbonyl (C=O) groups is 2. The molecule has 0 saturated heterocycles. The van der Waals surface area contributed by atoms with E-state index in [1.165, 1.54) is 23.9 Å². The number of halogens is 3. The minimum atomic E-state index is -4.48. The van der Waals surface area contributed by atoms with E-state index < -0.39 is 17.8 Å². The molecule has 38 heavy (non-hydrogen) atoms. The van der Waals surface area contributed by atoms with E-state index in [1.807, 2.05) is 49.6 Å². The number of rotatable bonds is 8. The van der Waals surface area contributed by atoms with Crippen molar-refractivity contribution in [3.63, 3.8) is 0 Å². The van der Waals surface area contributed by atoms with Gasteiger partial charge in [-0.1, -0.05) is 54.2 Å². The van der Waals surface area contributed by atoms with Crippen LogP contribution in [0.4, 0.5) is 13.2 Å². The number of thioether (sulfide) groups is 1. The van der Waals surface area contributed by atoms with Crippen molar-refractivity contribution in [2.75, 3.05) is 13.1 Å². The summed E-state index contributed by atoms with van der Waals surface area (Å²) in [6.45, 7) is 6.80. The molecule has 2 aliphatic rings. The fourth-order valence-electron chi connectivity index (χ4n) is 4.52. The summed E-state index contributed by atoms with van der Waals surface area (Å²) in [4.78, 5) is 34.7. The van der Waals surface area contributed by atoms with Gasteiger partial charge in [0.2, 0.25) is 5.91 Å². The van der Waals surface area contributed by atoms with Crippen LogP contribution in [0.3, 0.4) is 0 Å². The number of carbonyl (C=O) groups excluding carboxylic acids is 2. The van der Waals surface area contributed by atoms with Crippen LogP contribution in [0, 0.1) is 0 Å². The Bertz CT molecular complexity index is 1280. The Morgan fingerprint density at radius 1 is 1.05 bits per heavy atom. The average molecular weight is 543 g/mol. The number of benzene rings is 2. The van der Waals surface area contributed by atoms with Crippen LogP contribution in [0.25, 0.3) is 0 Å². The number of nitrogens with one attached hydrogen (secondary N) is 1. The molecular weight excluding hydrogens is 513 g/mol. The molecule has 0 aliphatic carbocycles. The average Bonchev–Trinajstić information content (AvgIpc) is 3.29. The van der Waals surface area contributed by atoms with Crippen LogP contribution in [0.2, 0.25) is 0 Å². The maximum atomic E-state index is 13.6. The van der Waals surface area contributed by atoms with Gasteiger partial charge in [-0.25, -0.2) is 4.99 Å². The Balaban J connectivity index is 1.67. The normalized spacial score (nSPS) is 17.1. The molecule has 2 aliphatic heterocycles. The molecule has 200 valence electrons. The number of fused-ring (bicyclic) bond motifs is 1. The lowest BCUT2D eigenvalue weighted by Gasteiger charge is -2.38. The molecule has 6 nitrogen and oxygen atoms in total. The third-order valence-electron chi connectivity index (χ3n) is 6.51. The molecule has 0 bridgehead atoms. The smallest absolute Gasteiger partial charge is 0.352 e. The Morgan fingerprint density at radius 2 is 1.71 bits per heavy atom. The van der Waals surface area contributed by atoms with Gasteiger partial charge in [0.25, 0.3) is 5.91 Å².